The fourth-order valence-corrected chi connectivity index (χ4v) is 0.760. The molecule has 10 heavy (non-hydrogen) atoms. The van der Waals surface area contributed by atoms with Gasteiger partial charge in [0.25, 0.3) is 0 Å². The van der Waals surface area contributed by atoms with Gasteiger partial charge in [-0.3, -0.25) is 0 Å². The summed E-state index contributed by atoms with van der Waals surface area (Å²) < 4.78 is 0. The molecule has 0 spiro atoms. The van der Waals surface area contributed by atoms with Crippen LogP contribution in [0.3, 0.4) is 0 Å². The van der Waals surface area contributed by atoms with E-state index in [-0.39, 0.29) is 13.5 Å². The Morgan fingerprint density at radius 1 is 1.20 bits per heavy atom. The molecule has 0 aromatic rings. The smallest absolute Gasteiger partial charge is 0 e. The van der Waals surface area contributed by atoms with Crippen LogP contribution in [0.25, 0.3) is 0 Å². The van der Waals surface area contributed by atoms with Gasteiger partial charge in [-0.2, -0.15) is 0 Å². The van der Waals surface area contributed by atoms with E-state index in [0.29, 0.717) is 5.92 Å². The highest BCUT2D eigenvalue weighted by Gasteiger charge is 1.99. The molecule has 0 amide bonds. The third-order valence-corrected chi connectivity index (χ3v) is 1.33. The SMILES string of the molecule is C=CCC(CN)CC=C.[S]. The largest absolute Gasteiger partial charge is 0.330 e. The van der Waals surface area contributed by atoms with Crippen LogP contribution in [0.2, 0.25) is 0 Å². The van der Waals surface area contributed by atoms with Gasteiger partial charge in [0.05, 0.1) is 0 Å². The van der Waals surface area contributed by atoms with Gasteiger partial charge in [-0.1, -0.05) is 12.2 Å². The highest BCUT2D eigenvalue weighted by molar-refractivity contribution is 7.59. The molecule has 0 fully saturated rings. The van der Waals surface area contributed by atoms with E-state index in [9.17, 15) is 0 Å². The van der Waals surface area contributed by atoms with Crippen LogP contribution < -0.4 is 5.73 Å². The van der Waals surface area contributed by atoms with Crippen LogP contribution in [0.15, 0.2) is 25.3 Å². The molecular weight excluding hydrogens is 142 g/mol. The normalized spacial score (nSPS) is 8.60. The summed E-state index contributed by atoms with van der Waals surface area (Å²) in [4.78, 5) is 0. The number of hydrogen-bond donors (Lipinski definition) is 1. The third-order valence-electron chi connectivity index (χ3n) is 1.33. The highest BCUT2D eigenvalue weighted by Crippen LogP contribution is 2.06. The second-order valence-electron chi connectivity index (χ2n) is 2.15. The van der Waals surface area contributed by atoms with E-state index < -0.39 is 0 Å². The molecule has 0 unspecified atom stereocenters. The van der Waals surface area contributed by atoms with Crippen molar-refractivity contribution in [3.63, 3.8) is 0 Å². The molecule has 0 bridgehead atoms. The Bertz CT molecular complexity index is 81.3. The highest BCUT2D eigenvalue weighted by atomic mass is 32.1. The van der Waals surface area contributed by atoms with Gasteiger partial charge >= 0.3 is 0 Å². The molecule has 2 heteroatoms. The number of allylic oxidation sites excluding steroid dienone is 2. The summed E-state index contributed by atoms with van der Waals surface area (Å²) in [5, 5.41) is 0. The summed E-state index contributed by atoms with van der Waals surface area (Å²) in [6.07, 6.45) is 5.81. The van der Waals surface area contributed by atoms with Crippen molar-refractivity contribution < 1.29 is 0 Å². The molecule has 58 valence electrons. The van der Waals surface area contributed by atoms with E-state index in [1.807, 2.05) is 12.2 Å². The maximum Gasteiger partial charge on any atom is 0 e. The zero-order chi connectivity index (χ0) is 7.11. The van der Waals surface area contributed by atoms with Crippen molar-refractivity contribution in [2.45, 2.75) is 12.8 Å². The van der Waals surface area contributed by atoms with Crippen molar-refractivity contribution >= 4 is 13.5 Å². The van der Waals surface area contributed by atoms with E-state index >= 15 is 0 Å². The molecule has 0 aliphatic carbocycles. The summed E-state index contributed by atoms with van der Waals surface area (Å²) >= 11 is 0. The van der Waals surface area contributed by atoms with E-state index in [4.69, 9.17) is 5.73 Å². The van der Waals surface area contributed by atoms with Crippen molar-refractivity contribution in [2.24, 2.45) is 11.7 Å². The zero-order valence-corrected chi connectivity index (χ0v) is 7.07. The Hall–Kier alpha value is -0.210. The molecule has 0 saturated heterocycles. The van der Waals surface area contributed by atoms with Crippen molar-refractivity contribution in [1.29, 1.82) is 0 Å². The average Bonchev–Trinajstić information content (AvgIpc) is 1.88. The van der Waals surface area contributed by atoms with Crippen LogP contribution in [0.1, 0.15) is 12.8 Å². The lowest BCUT2D eigenvalue weighted by Gasteiger charge is -2.07. The Morgan fingerprint density at radius 2 is 1.60 bits per heavy atom. The minimum absolute atomic E-state index is 0. The lowest BCUT2D eigenvalue weighted by molar-refractivity contribution is 0.556. The monoisotopic (exact) mass is 157 g/mol. The Kier molecular flexibility index (Phi) is 11.0. The first-order valence-electron chi connectivity index (χ1n) is 3.27. The van der Waals surface area contributed by atoms with Gasteiger partial charge in [0.1, 0.15) is 0 Å². The maximum atomic E-state index is 5.45. The van der Waals surface area contributed by atoms with E-state index in [2.05, 4.69) is 13.2 Å². The van der Waals surface area contributed by atoms with Crippen LogP contribution in [-0.2, 0) is 0 Å². The topological polar surface area (TPSA) is 26.0 Å². The van der Waals surface area contributed by atoms with E-state index in [1.54, 1.807) is 0 Å². The molecule has 0 aliphatic heterocycles. The Balaban J connectivity index is 0. The predicted octanol–water partition coefficient (Wildman–Crippen LogP) is 2.36. The van der Waals surface area contributed by atoms with Crippen molar-refractivity contribution in [3.8, 4) is 0 Å². The number of rotatable bonds is 5. The second kappa shape index (κ2) is 8.79. The molecule has 0 aromatic heterocycles. The summed E-state index contributed by atoms with van der Waals surface area (Å²) in [5.41, 5.74) is 5.45. The summed E-state index contributed by atoms with van der Waals surface area (Å²) in [5.74, 6) is 0.556. The quantitative estimate of drug-likeness (QED) is 0.609. The van der Waals surface area contributed by atoms with Gasteiger partial charge in [0, 0.05) is 13.5 Å². The summed E-state index contributed by atoms with van der Waals surface area (Å²) in [6, 6.07) is 0. The lowest BCUT2D eigenvalue weighted by Crippen LogP contribution is -2.12. The minimum atomic E-state index is 0. The van der Waals surface area contributed by atoms with Gasteiger partial charge in [0.2, 0.25) is 0 Å². The molecule has 1 nitrogen and oxygen atoms in total. The molecule has 2 N–H and O–H groups in total. The average molecular weight is 157 g/mol. The Labute approximate surface area is 70.4 Å². The van der Waals surface area contributed by atoms with Gasteiger partial charge in [-0.25, -0.2) is 0 Å². The molecule has 0 aromatic carbocycles. The van der Waals surface area contributed by atoms with Crippen molar-refractivity contribution in [2.75, 3.05) is 6.54 Å². The third kappa shape index (κ3) is 5.92. The van der Waals surface area contributed by atoms with Crippen LogP contribution in [0.5, 0.6) is 0 Å². The lowest BCUT2D eigenvalue weighted by atomic mass is 10.0. The van der Waals surface area contributed by atoms with Crippen LogP contribution >= 0.6 is 13.5 Å². The predicted molar refractivity (Wildman–Crippen MR) is 49.8 cm³/mol. The van der Waals surface area contributed by atoms with Crippen LogP contribution in [0.4, 0.5) is 0 Å². The van der Waals surface area contributed by atoms with E-state index in [1.165, 1.54) is 0 Å². The van der Waals surface area contributed by atoms with Crippen molar-refractivity contribution in [3.05, 3.63) is 25.3 Å². The molecule has 0 atom stereocenters. The molecule has 0 aliphatic rings. The van der Waals surface area contributed by atoms with Crippen LogP contribution in [-0.4, -0.2) is 6.54 Å². The number of hydrogen-bond acceptors (Lipinski definition) is 1. The number of nitrogens with two attached hydrogens (primary N) is 1. The minimum Gasteiger partial charge on any atom is -0.330 e. The van der Waals surface area contributed by atoms with Gasteiger partial charge < -0.3 is 5.73 Å². The fourth-order valence-electron chi connectivity index (χ4n) is 0.760. The molecule has 0 rings (SSSR count). The summed E-state index contributed by atoms with van der Waals surface area (Å²) in [7, 11) is 0. The molecule has 0 saturated carbocycles. The van der Waals surface area contributed by atoms with Gasteiger partial charge in [-0.15, -0.1) is 13.2 Å². The van der Waals surface area contributed by atoms with Gasteiger partial charge in [0.15, 0.2) is 0 Å². The second-order valence-corrected chi connectivity index (χ2v) is 2.15. The summed E-state index contributed by atoms with van der Waals surface area (Å²) in [6.45, 7) is 8.02. The van der Waals surface area contributed by atoms with Gasteiger partial charge in [-0.05, 0) is 25.3 Å². The maximum absolute atomic E-state index is 5.45. The Morgan fingerprint density at radius 3 is 1.80 bits per heavy atom. The molecule has 2 radical (unpaired) electrons. The molecule has 0 heterocycles. The van der Waals surface area contributed by atoms with Crippen molar-refractivity contribution in [1.82, 2.24) is 0 Å². The first-order valence-corrected chi connectivity index (χ1v) is 3.27. The van der Waals surface area contributed by atoms with Crippen LogP contribution in [0, 0.1) is 5.92 Å². The zero-order valence-electron chi connectivity index (χ0n) is 6.25. The standard InChI is InChI=1S/C8H15N.S/c1-3-5-8(7-9)6-4-2;/h3-4,8H,1-2,5-7,9H2;. The van der Waals surface area contributed by atoms with E-state index in [0.717, 1.165) is 19.4 Å². The first kappa shape index (κ1) is 12.5. The fraction of sp³-hybridized carbons (Fsp3) is 0.500. The molecular formula is C8H15NS. The first-order chi connectivity index (χ1) is 4.35.